The molecule has 6 heteroatoms. The molecule has 1 aliphatic rings. The van der Waals surface area contributed by atoms with E-state index in [0.29, 0.717) is 13.1 Å². The third-order valence-electron chi connectivity index (χ3n) is 4.25. The molecule has 0 unspecified atom stereocenters. The standard InChI is InChI=1S/C19H17N5O/c25-19(23-16-6-8-20-9-7-16)15-11-24(12-15)18-10-17(21-13-22-18)14-4-2-1-3-5-14/h1-10,13,15H,11-12H2,(H,20,23,25). The van der Waals surface area contributed by atoms with Gasteiger partial charge in [0, 0.05) is 42.8 Å². The van der Waals surface area contributed by atoms with E-state index in [1.165, 1.54) is 0 Å². The van der Waals surface area contributed by atoms with Gasteiger partial charge >= 0.3 is 0 Å². The number of benzene rings is 1. The predicted molar refractivity (Wildman–Crippen MR) is 96.0 cm³/mol. The molecule has 0 spiro atoms. The van der Waals surface area contributed by atoms with Gasteiger partial charge < -0.3 is 10.2 Å². The van der Waals surface area contributed by atoms with Crippen LogP contribution in [0.15, 0.2) is 67.3 Å². The summed E-state index contributed by atoms with van der Waals surface area (Å²) in [5.74, 6) is 0.838. The third-order valence-corrected chi connectivity index (χ3v) is 4.25. The molecule has 6 nitrogen and oxygen atoms in total. The van der Waals surface area contributed by atoms with Crippen molar-refractivity contribution in [2.75, 3.05) is 23.3 Å². The van der Waals surface area contributed by atoms with Gasteiger partial charge in [-0.3, -0.25) is 9.78 Å². The van der Waals surface area contributed by atoms with Crippen molar-refractivity contribution in [1.29, 1.82) is 0 Å². The van der Waals surface area contributed by atoms with Crippen LogP contribution >= 0.6 is 0 Å². The van der Waals surface area contributed by atoms with Gasteiger partial charge in [0.05, 0.1) is 11.6 Å². The van der Waals surface area contributed by atoms with Crippen LogP contribution in [-0.2, 0) is 4.79 Å². The van der Waals surface area contributed by atoms with Gasteiger partial charge in [0.25, 0.3) is 0 Å². The minimum absolute atomic E-state index is 0.0276. The summed E-state index contributed by atoms with van der Waals surface area (Å²) in [7, 11) is 0. The summed E-state index contributed by atoms with van der Waals surface area (Å²) in [6, 6.07) is 15.5. The second-order valence-corrected chi connectivity index (χ2v) is 5.95. The van der Waals surface area contributed by atoms with Crippen LogP contribution in [-0.4, -0.2) is 33.9 Å². The summed E-state index contributed by atoms with van der Waals surface area (Å²) in [5.41, 5.74) is 2.71. The van der Waals surface area contributed by atoms with Crippen LogP contribution in [0.5, 0.6) is 0 Å². The molecule has 0 saturated carbocycles. The predicted octanol–water partition coefficient (Wildman–Crippen LogP) is 2.61. The zero-order valence-electron chi connectivity index (χ0n) is 13.5. The van der Waals surface area contributed by atoms with E-state index >= 15 is 0 Å². The van der Waals surface area contributed by atoms with Crippen LogP contribution in [0.3, 0.4) is 0 Å². The van der Waals surface area contributed by atoms with Crippen LogP contribution in [0.2, 0.25) is 0 Å². The first kappa shape index (κ1) is 15.3. The lowest BCUT2D eigenvalue weighted by atomic mass is 9.99. The average Bonchev–Trinajstić information content (AvgIpc) is 2.62. The number of nitrogens with one attached hydrogen (secondary N) is 1. The third kappa shape index (κ3) is 3.33. The Bertz CT molecular complexity index is 863. The Hall–Kier alpha value is -3.28. The van der Waals surface area contributed by atoms with Crippen molar-refractivity contribution in [3.8, 4) is 11.3 Å². The van der Waals surface area contributed by atoms with Crippen LogP contribution in [0.1, 0.15) is 0 Å². The molecule has 3 aromatic rings. The molecule has 0 atom stereocenters. The van der Waals surface area contributed by atoms with Crippen LogP contribution in [0.25, 0.3) is 11.3 Å². The normalized spacial score (nSPS) is 14.0. The fraction of sp³-hybridized carbons (Fsp3) is 0.158. The quantitative estimate of drug-likeness (QED) is 0.796. The maximum atomic E-state index is 12.3. The number of carbonyl (C=O) groups excluding carboxylic acids is 1. The summed E-state index contributed by atoms with van der Waals surface area (Å²) in [4.78, 5) is 27.0. The molecule has 1 amide bonds. The van der Waals surface area contributed by atoms with Gasteiger partial charge in [-0.15, -0.1) is 0 Å². The highest BCUT2D eigenvalue weighted by molar-refractivity contribution is 5.94. The van der Waals surface area contributed by atoms with Crippen molar-refractivity contribution in [1.82, 2.24) is 15.0 Å². The highest BCUT2D eigenvalue weighted by Crippen LogP contribution is 2.26. The van der Waals surface area contributed by atoms with E-state index in [1.807, 2.05) is 36.4 Å². The lowest BCUT2D eigenvalue weighted by Crippen LogP contribution is -2.52. The first-order chi connectivity index (χ1) is 12.3. The average molecular weight is 331 g/mol. The molecule has 0 bridgehead atoms. The molecular formula is C19H17N5O. The van der Waals surface area contributed by atoms with E-state index in [0.717, 1.165) is 22.8 Å². The lowest BCUT2D eigenvalue weighted by Gasteiger charge is -2.39. The topological polar surface area (TPSA) is 71.0 Å². The SMILES string of the molecule is O=C(Nc1ccncc1)C1CN(c2cc(-c3ccccc3)ncn2)C1. The molecule has 124 valence electrons. The maximum Gasteiger partial charge on any atom is 0.231 e. The van der Waals surface area contributed by atoms with Crippen LogP contribution < -0.4 is 10.2 Å². The highest BCUT2D eigenvalue weighted by atomic mass is 16.2. The number of hydrogen-bond donors (Lipinski definition) is 1. The van der Waals surface area contributed by atoms with Gasteiger partial charge in [-0.2, -0.15) is 0 Å². The van der Waals surface area contributed by atoms with Crippen molar-refractivity contribution < 1.29 is 4.79 Å². The van der Waals surface area contributed by atoms with E-state index in [2.05, 4.69) is 25.2 Å². The molecule has 25 heavy (non-hydrogen) atoms. The Balaban J connectivity index is 1.40. The summed E-state index contributed by atoms with van der Waals surface area (Å²) < 4.78 is 0. The highest BCUT2D eigenvalue weighted by Gasteiger charge is 2.33. The Morgan fingerprint density at radius 1 is 1.04 bits per heavy atom. The van der Waals surface area contributed by atoms with Gasteiger partial charge in [-0.1, -0.05) is 30.3 Å². The second kappa shape index (κ2) is 6.68. The van der Waals surface area contributed by atoms with Crippen LogP contribution in [0, 0.1) is 5.92 Å². The number of aromatic nitrogens is 3. The molecular weight excluding hydrogens is 314 g/mol. The van der Waals surface area contributed by atoms with Gasteiger partial charge in [0.2, 0.25) is 5.91 Å². The van der Waals surface area contributed by atoms with Crippen molar-refractivity contribution in [3.63, 3.8) is 0 Å². The molecule has 1 aliphatic heterocycles. The number of anilines is 2. The Labute approximate surface area is 145 Å². The first-order valence-corrected chi connectivity index (χ1v) is 8.13. The summed E-state index contributed by atoms with van der Waals surface area (Å²) in [6.45, 7) is 1.31. The van der Waals surface area contributed by atoms with Gasteiger partial charge in [0.1, 0.15) is 12.1 Å². The Morgan fingerprint density at radius 2 is 1.80 bits per heavy atom. The zero-order valence-corrected chi connectivity index (χ0v) is 13.5. The fourth-order valence-electron chi connectivity index (χ4n) is 2.80. The molecule has 1 N–H and O–H groups in total. The number of carbonyl (C=O) groups is 1. The minimum atomic E-state index is -0.0386. The molecule has 1 fully saturated rings. The van der Waals surface area contributed by atoms with Crippen molar-refractivity contribution in [3.05, 3.63) is 67.3 Å². The zero-order chi connectivity index (χ0) is 17.1. The largest absolute Gasteiger partial charge is 0.355 e. The number of amides is 1. The summed E-state index contributed by atoms with van der Waals surface area (Å²) in [6.07, 6.45) is 4.89. The summed E-state index contributed by atoms with van der Waals surface area (Å²) >= 11 is 0. The van der Waals surface area contributed by atoms with Crippen LogP contribution in [0.4, 0.5) is 11.5 Å². The van der Waals surface area contributed by atoms with E-state index < -0.39 is 0 Å². The maximum absolute atomic E-state index is 12.3. The molecule has 1 saturated heterocycles. The van der Waals surface area contributed by atoms with E-state index in [-0.39, 0.29) is 11.8 Å². The van der Waals surface area contributed by atoms with E-state index in [9.17, 15) is 4.79 Å². The van der Waals surface area contributed by atoms with Gasteiger partial charge in [0.15, 0.2) is 0 Å². The van der Waals surface area contributed by atoms with Gasteiger partial charge in [-0.25, -0.2) is 9.97 Å². The second-order valence-electron chi connectivity index (χ2n) is 5.95. The van der Waals surface area contributed by atoms with E-state index in [4.69, 9.17) is 0 Å². The number of rotatable bonds is 4. The Kier molecular flexibility index (Phi) is 4.08. The molecule has 1 aromatic carbocycles. The first-order valence-electron chi connectivity index (χ1n) is 8.13. The molecule has 3 heterocycles. The minimum Gasteiger partial charge on any atom is -0.355 e. The van der Waals surface area contributed by atoms with Gasteiger partial charge in [-0.05, 0) is 12.1 Å². The smallest absolute Gasteiger partial charge is 0.231 e. The number of nitrogens with zero attached hydrogens (tertiary/aromatic N) is 4. The molecule has 0 radical (unpaired) electrons. The van der Waals surface area contributed by atoms with Crippen molar-refractivity contribution in [2.45, 2.75) is 0 Å². The molecule has 0 aliphatic carbocycles. The molecule has 2 aromatic heterocycles. The molecule has 4 rings (SSSR count). The Morgan fingerprint density at radius 3 is 2.56 bits per heavy atom. The summed E-state index contributed by atoms with van der Waals surface area (Å²) in [5, 5.41) is 2.91. The number of pyridine rings is 1. The fourth-order valence-corrected chi connectivity index (χ4v) is 2.80. The van der Waals surface area contributed by atoms with Crippen molar-refractivity contribution >= 4 is 17.4 Å². The van der Waals surface area contributed by atoms with Crippen molar-refractivity contribution in [2.24, 2.45) is 5.92 Å². The lowest BCUT2D eigenvalue weighted by molar-refractivity contribution is -0.120. The van der Waals surface area contributed by atoms with E-state index in [1.54, 1.807) is 30.9 Å². The monoisotopic (exact) mass is 331 g/mol. The number of hydrogen-bond acceptors (Lipinski definition) is 5.